The number of aryl methyl sites for hydroxylation is 1. The summed E-state index contributed by atoms with van der Waals surface area (Å²) in [5.74, 6) is 3.13. The number of hydrogen-bond acceptors (Lipinski definition) is 7. The average molecular weight is 516 g/mol. The molecule has 8 nitrogen and oxygen atoms in total. The van der Waals surface area contributed by atoms with Gasteiger partial charge in [-0.3, -0.25) is 4.79 Å². The summed E-state index contributed by atoms with van der Waals surface area (Å²) >= 11 is 0. The number of rotatable bonds is 13. The molecule has 0 spiro atoms. The lowest BCUT2D eigenvalue weighted by molar-refractivity contribution is -0.131. The second kappa shape index (κ2) is 13.3. The Labute approximate surface area is 223 Å². The number of carbonyl (C=O) groups is 1. The molecule has 0 radical (unpaired) electrons. The molecular weight excluding hydrogens is 482 g/mol. The van der Waals surface area contributed by atoms with Gasteiger partial charge in [0.15, 0.2) is 11.5 Å². The standard InChI is InChI=1S/C30H33N3O5/c1-35-25-11-7-10-24(21-25)30-31-28(38-32-30)17-19-33(29(34)15-13-22-8-5-4-6-9-22)18-16-23-12-14-26(36-2)27(20-23)37-3/h4-12,14,20-21H,13,15-19H2,1-3H3. The highest BCUT2D eigenvalue weighted by Gasteiger charge is 2.17. The van der Waals surface area contributed by atoms with E-state index in [4.69, 9.17) is 18.7 Å². The predicted octanol–water partition coefficient (Wildman–Crippen LogP) is 5.01. The first-order valence-electron chi connectivity index (χ1n) is 12.6. The Balaban J connectivity index is 1.43. The fraction of sp³-hybridized carbons (Fsp3) is 0.300. The van der Waals surface area contributed by atoms with E-state index in [9.17, 15) is 4.79 Å². The number of methoxy groups -OCH3 is 3. The summed E-state index contributed by atoms with van der Waals surface area (Å²) in [6, 6.07) is 23.4. The Kier molecular flexibility index (Phi) is 9.34. The van der Waals surface area contributed by atoms with E-state index in [1.165, 1.54) is 0 Å². The van der Waals surface area contributed by atoms with Crippen molar-refractivity contribution in [2.24, 2.45) is 0 Å². The molecule has 1 amide bonds. The molecule has 8 heteroatoms. The topological polar surface area (TPSA) is 86.9 Å². The summed E-state index contributed by atoms with van der Waals surface area (Å²) < 4.78 is 21.6. The number of nitrogens with zero attached hydrogens (tertiary/aromatic N) is 3. The van der Waals surface area contributed by atoms with Gasteiger partial charge in [0.2, 0.25) is 17.6 Å². The van der Waals surface area contributed by atoms with Crippen LogP contribution in [0.4, 0.5) is 0 Å². The molecule has 0 atom stereocenters. The maximum atomic E-state index is 13.3. The van der Waals surface area contributed by atoms with Gasteiger partial charge in [-0.1, -0.05) is 53.7 Å². The molecule has 0 N–H and O–H groups in total. The molecule has 0 aliphatic rings. The van der Waals surface area contributed by atoms with Gasteiger partial charge in [0.25, 0.3) is 0 Å². The molecule has 38 heavy (non-hydrogen) atoms. The van der Waals surface area contributed by atoms with Gasteiger partial charge in [0, 0.05) is 31.5 Å². The van der Waals surface area contributed by atoms with Crippen LogP contribution in [0.25, 0.3) is 11.4 Å². The maximum Gasteiger partial charge on any atom is 0.228 e. The molecule has 1 aromatic heterocycles. The lowest BCUT2D eigenvalue weighted by Gasteiger charge is -2.22. The lowest BCUT2D eigenvalue weighted by atomic mass is 10.1. The van der Waals surface area contributed by atoms with Gasteiger partial charge in [0.1, 0.15) is 5.75 Å². The van der Waals surface area contributed by atoms with E-state index in [0.29, 0.717) is 62.0 Å². The molecule has 0 saturated heterocycles. The number of aromatic nitrogens is 2. The van der Waals surface area contributed by atoms with Crippen molar-refractivity contribution in [1.82, 2.24) is 15.0 Å². The highest BCUT2D eigenvalue weighted by molar-refractivity contribution is 5.76. The SMILES string of the molecule is COc1cccc(-c2noc(CCN(CCc3ccc(OC)c(OC)c3)C(=O)CCc3ccccc3)n2)c1. The van der Waals surface area contributed by atoms with Crippen LogP contribution >= 0.6 is 0 Å². The monoisotopic (exact) mass is 515 g/mol. The number of benzene rings is 3. The van der Waals surface area contributed by atoms with E-state index in [1.807, 2.05) is 77.7 Å². The minimum absolute atomic E-state index is 0.0851. The molecule has 0 bridgehead atoms. The van der Waals surface area contributed by atoms with Crippen molar-refractivity contribution in [3.63, 3.8) is 0 Å². The van der Waals surface area contributed by atoms with E-state index in [-0.39, 0.29) is 5.91 Å². The zero-order valence-corrected chi connectivity index (χ0v) is 22.1. The molecule has 1 heterocycles. The van der Waals surface area contributed by atoms with Crippen LogP contribution in [0, 0.1) is 0 Å². The van der Waals surface area contributed by atoms with Crippen LogP contribution in [0.15, 0.2) is 77.3 Å². The summed E-state index contributed by atoms with van der Waals surface area (Å²) in [7, 11) is 4.85. The summed E-state index contributed by atoms with van der Waals surface area (Å²) in [5, 5.41) is 4.12. The van der Waals surface area contributed by atoms with Crippen molar-refractivity contribution < 1.29 is 23.5 Å². The Bertz CT molecular complexity index is 1320. The molecule has 0 aliphatic heterocycles. The van der Waals surface area contributed by atoms with E-state index >= 15 is 0 Å². The Morgan fingerprint density at radius 3 is 2.34 bits per heavy atom. The van der Waals surface area contributed by atoms with Crippen molar-refractivity contribution in [2.45, 2.75) is 25.7 Å². The van der Waals surface area contributed by atoms with E-state index in [0.717, 1.165) is 22.4 Å². The number of hydrogen-bond donors (Lipinski definition) is 0. The summed E-state index contributed by atoms with van der Waals surface area (Å²) in [6.07, 6.45) is 2.25. The first-order chi connectivity index (χ1) is 18.6. The smallest absolute Gasteiger partial charge is 0.228 e. The molecule has 4 rings (SSSR count). The second-order valence-electron chi connectivity index (χ2n) is 8.80. The fourth-order valence-corrected chi connectivity index (χ4v) is 4.18. The first kappa shape index (κ1) is 26.7. The second-order valence-corrected chi connectivity index (χ2v) is 8.80. The van der Waals surface area contributed by atoms with E-state index in [2.05, 4.69) is 10.1 Å². The van der Waals surface area contributed by atoms with Gasteiger partial charge in [0.05, 0.1) is 21.3 Å². The number of amides is 1. The molecule has 198 valence electrons. The molecule has 0 unspecified atom stereocenters. The molecule has 3 aromatic carbocycles. The molecule has 4 aromatic rings. The van der Waals surface area contributed by atoms with Gasteiger partial charge in [-0.2, -0.15) is 4.98 Å². The quantitative estimate of drug-likeness (QED) is 0.247. The van der Waals surface area contributed by atoms with Crippen LogP contribution in [0.2, 0.25) is 0 Å². The highest BCUT2D eigenvalue weighted by atomic mass is 16.5. The van der Waals surface area contributed by atoms with Crippen LogP contribution in [-0.4, -0.2) is 55.4 Å². The maximum absolute atomic E-state index is 13.3. The Hall–Kier alpha value is -4.33. The summed E-state index contributed by atoms with van der Waals surface area (Å²) in [5.41, 5.74) is 3.01. The third-order valence-electron chi connectivity index (χ3n) is 6.33. The van der Waals surface area contributed by atoms with Crippen molar-refractivity contribution >= 4 is 5.91 Å². The van der Waals surface area contributed by atoms with Crippen molar-refractivity contribution in [2.75, 3.05) is 34.4 Å². The average Bonchev–Trinajstić information content (AvgIpc) is 3.45. The van der Waals surface area contributed by atoms with Crippen LogP contribution in [0.3, 0.4) is 0 Å². The first-order valence-corrected chi connectivity index (χ1v) is 12.6. The van der Waals surface area contributed by atoms with Gasteiger partial charge in [-0.15, -0.1) is 0 Å². The Morgan fingerprint density at radius 2 is 1.58 bits per heavy atom. The minimum atomic E-state index is 0.0851. The van der Waals surface area contributed by atoms with Gasteiger partial charge >= 0.3 is 0 Å². The number of ether oxygens (including phenoxy) is 3. The van der Waals surface area contributed by atoms with E-state index < -0.39 is 0 Å². The summed E-state index contributed by atoms with van der Waals surface area (Å²) in [6.45, 7) is 1.03. The molecule has 0 aliphatic carbocycles. The zero-order chi connectivity index (χ0) is 26.7. The molecule has 0 saturated carbocycles. The molecule has 0 fully saturated rings. The van der Waals surface area contributed by atoms with Gasteiger partial charge < -0.3 is 23.6 Å². The van der Waals surface area contributed by atoms with Crippen molar-refractivity contribution in [3.05, 3.63) is 89.8 Å². The molecular formula is C30H33N3O5. The van der Waals surface area contributed by atoms with Crippen LogP contribution < -0.4 is 14.2 Å². The summed E-state index contributed by atoms with van der Waals surface area (Å²) in [4.78, 5) is 19.7. The largest absolute Gasteiger partial charge is 0.497 e. The van der Waals surface area contributed by atoms with Gasteiger partial charge in [-0.25, -0.2) is 0 Å². The van der Waals surface area contributed by atoms with Crippen LogP contribution in [0.1, 0.15) is 23.4 Å². The van der Waals surface area contributed by atoms with Crippen molar-refractivity contribution in [1.29, 1.82) is 0 Å². The van der Waals surface area contributed by atoms with E-state index in [1.54, 1.807) is 21.3 Å². The third kappa shape index (κ3) is 7.12. The zero-order valence-electron chi connectivity index (χ0n) is 22.1. The fourth-order valence-electron chi connectivity index (χ4n) is 4.18. The number of carbonyl (C=O) groups excluding carboxylic acids is 1. The minimum Gasteiger partial charge on any atom is -0.497 e. The highest BCUT2D eigenvalue weighted by Crippen LogP contribution is 2.28. The predicted molar refractivity (Wildman–Crippen MR) is 145 cm³/mol. The lowest BCUT2D eigenvalue weighted by Crippen LogP contribution is -2.35. The Morgan fingerprint density at radius 1 is 0.789 bits per heavy atom. The van der Waals surface area contributed by atoms with Gasteiger partial charge in [-0.05, 0) is 48.2 Å². The third-order valence-corrected chi connectivity index (χ3v) is 6.33. The van der Waals surface area contributed by atoms with Crippen LogP contribution in [0.5, 0.6) is 17.2 Å². The van der Waals surface area contributed by atoms with Crippen molar-refractivity contribution in [3.8, 4) is 28.6 Å². The normalized spacial score (nSPS) is 10.7. The van der Waals surface area contributed by atoms with Crippen LogP contribution in [-0.2, 0) is 24.1 Å².